The van der Waals surface area contributed by atoms with E-state index in [1.54, 1.807) is 19.2 Å². The van der Waals surface area contributed by atoms with Crippen LogP contribution in [0.1, 0.15) is 39.2 Å². The largest absolute Gasteiger partial charge is 0.493 e. The van der Waals surface area contributed by atoms with Gasteiger partial charge in [0, 0.05) is 23.2 Å². The number of fused-ring (bicyclic) bond motifs is 3. The molecule has 192 valence electrons. The fourth-order valence-electron chi connectivity index (χ4n) is 5.78. The van der Waals surface area contributed by atoms with E-state index in [1.807, 2.05) is 19.2 Å². The Morgan fingerprint density at radius 3 is 2.49 bits per heavy atom. The highest BCUT2D eigenvalue weighted by atomic mass is 19.1. The first kappa shape index (κ1) is 23.4. The molecule has 3 aliphatic rings. The van der Waals surface area contributed by atoms with Crippen LogP contribution < -0.4 is 23.7 Å². The number of methoxy groups -OCH3 is 3. The number of benzene rings is 3. The second-order valence-corrected chi connectivity index (χ2v) is 9.14. The first-order valence-corrected chi connectivity index (χ1v) is 11.9. The standard InChI is InChI=1S/C28H26FNO7/c1-30-11-10-16-19(14-6-5-7-15(29)12-14)26-27(36-13-35-26)25(34-4)20(16)22(30)23-17-8-9-18(32-2)24(33-3)21(17)28(31)37-23/h5-9,12,22-23H,10-11,13H2,1-4H3/t22-,23?/m1/s1. The molecule has 2 atom stereocenters. The van der Waals surface area contributed by atoms with Crippen LogP contribution in [0.25, 0.3) is 11.1 Å². The van der Waals surface area contributed by atoms with E-state index in [0.29, 0.717) is 58.4 Å². The van der Waals surface area contributed by atoms with Gasteiger partial charge in [-0.15, -0.1) is 0 Å². The van der Waals surface area contributed by atoms with Crippen molar-refractivity contribution in [3.05, 3.63) is 64.5 Å². The lowest BCUT2D eigenvalue weighted by Gasteiger charge is -2.39. The van der Waals surface area contributed by atoms with E-state index in [0.717, 1.165) is 16.7 Å². The second-order valence-electron chi connectivity index (χ2n) is 9.14. The van der Waals surface area contributed by atoms with Crippen molar-refractivity contribution < 1.29 is 37.6 Å². The number of hydrogen-bond donors (Lipinski definition) is 0. The molecule has 37 heavy (non-hydrogen) atoms. The zero-order valence-corrected chi connectivity index (χ0v) is 20.9. The zero-order valence-electron chi connectivity index (χ0n) is 20.9. The molecule has 0 saturated heterocycles. The normalized spacial score (nSPS) is 19.8. The average molecular weight is 508 g/mol. The lowest BCUT2D eigenvalue weighted by atomic mass is 9.81. The maximum absolute atomic E-state index is 14.3. The minimum absolute atomic E-state index is 0.0235. The van der Waals surface area contributed by atoms with Gasteiger partial charge in [0.1, 0.15) is 17.5 Å². The molecule has 6 rings (SSSR count). The molecule has 3 heterocycles. The zero-order chi connectivity index (χ0) is 25.8. The van der Waals surface area contributed by atoms with Crippen LogP contribution in [0, 0.1) is 5.82 Å². The van der Waals surface area contributed by atoms with Crippen molar-refractivity contribution in [2.24, 2.45) is 0 Å². The topological polar surface area (TPSA) is 75.7 Å². The summed E-state index contributed by atoms with van der Waals surface area (Å²) < 4.78 is 49.0. The van der Waals surface area contributed by atoms with E-state index >= 15 is 0 Å². The van der Waals surface area contributed by atoms with E-state index in [1.165, 1.54) is 26.4 Å². The molecule has 0 bridgehead atoms. The first-order chi connectivity index (χ1) is 18.0. The number of halogens is 1. The molecule has 0 saturated carbocycles. The number of likely N-dealkylation sites (N-methyl/N-ethyl adjacent to an activating group) is 1. The summed E-state index contributed by atoms with van der Waals surface area (Å²) in [7, 11) is 6.57. The molecule has 0 aliphatic carbocycles. The van der Waals surface area contributed by atoms with Crippen LogP contribution in [-0.4, -0.2) is 52.6 Å². The number of carbonyl (C=O) groups excluding carboxylic acids is 1. The quantitative estimate of drug-likeness (QED) is 0.461. The van der Waals surface area contributed by atoms with Gasteiger partial charge in [0.2, 0.25) is 12.5 Å². The van der Waals surface area contributed by atoms with Crippen LogP contribution in [-0.2, 0) is 11.2 Å². The summed E-state index contributed by atoms with van der Waals surface area (Å²) >= 11 is 0. The summed E-state index contributed by atoms with van der Waals surface area (Å²) in [6.45, 7) is 0.690. The maximum atomic E-state index is 14.3. The third kappa shape index (κ3) is 3.41. The van der Waals surface area contributed by atoms with E-state index in [9.17, 15) is 9.18 Å². The van der Waals surface area contributed by atoms with Gasteiger partial charge in [-0.05, 0) is 42.8 Å². The minimum Gasteiger partial charge on any atom is -0.493 e. The number of esters is 1. The molecule has 0 radical (unpaired) electrons. The molecule has 0 spiro atoms. The predicted molar refractivity (Wildman–Crippen MR) is 131 cm³/mol. The molecule has 3 aromatic rings. The summed E-state index contributed by atoms with van der Waals surface area (Å²) in [5.41, 5.74) is 4.24. The molecule has 3 aliphatic heterocycles. The van der Waals surface area contributed by atoms with E-state index in [4.69, 9.17) is 28.4 Å². The smallest absolute Gasteiger partial charge is 0.343 e. The number of nitrogens with zero attached hydrogens (tertiary/aromatic N) is 1. The van der Waals surface area contributed by atoms with Crippen LogP contribution >= 0.6 is 0 Å². The maximum Gasteiger partial charge on any atom is 0.343 e. The van der Waals surface area contributed by atoms with Crippen molar-refractivity contribution in [1.82, 2.24) is 4.90 Å². The van der Waals surface area contributed by atoms with Gasteiger partial charge >= 0.3 is 5.97 Å². The Bertz CT molecular complexity index is 1420. The third-order valence-corrected chi connectivity index (χ3v) is 7.33. The number of hydrogen-bond acceptors (Lipinski definition) is 8. The molecule has 0 aromatic heterocycles. The number of cyclic esters (lactones) is 1. The SMILES string of the molecule is COc1ccc2c(c1OC)C(=O)OC2[C@H]1c2c(c(-c3cccc(F)c3)c3c(c2OC)OCO3)CCN1C. The predicted octanol–water partition coefficient (Wildman–Crippen LogP) is 4.69. The Morgan fingerprint density at radius 2 is 1.76 bits per heavy atom. The van der Waals surface area contributed by atoms with E-state index in [2.05, 4.69) is 4.90 Å². The molecule has 0 N–H and O–H groups in total. The van der Waals surface area contributed by atoms with Crippen LogP contribution in [0.2, 0.25) is 0 Å². The van der Waals surface area contributed by atoms with E-state index in [-0.39, 0.29) is 12.6 Å². The van der Waals surface area contributed by atoms with Gasteiger partial charge in [-0.3, -0.25) is 4.90 Å². The summed E-state index contributed by atoms with van der Waals surface area (Å²) in [5, 5.41) is 0. The molecular formula is C28H26FNO7. The molecule has 3 aromatic carbocycles. The Morgan fingerprint density at radius 1 is 0.973 bits per heavy atom. The van der Waals surface area contributed by atoms with Crippen LogP contribution in [0.3, 0.4) is 0 Å². The van der Waals surface area contributed by atoms with Crippen LogP contribution in [0.4, 0.5) is 4.39 Å². The molecule has 0 fully saturated rings. The number of carbonyl (C=O) groups is 1. The Kier molecular flexibility index (Phi) is 5.60. The van der Waals surface area contributed by atoms with E-state index < -0.39 is 18.1 Å². The van der Waals surface area contributed by atoms with Crippen molar-refractivity contribution >= 4 is 5.97 Å². The highest BCUT2D eigenvalue weighted by Gasteiger charge is 2.47. The van der Waals surface area contributed by atoms with Gasteiger partial charge in [0.05, 0.1) is 27.4 Å². The van der Waals surface area contributed by atoms with Crippen LogP contribution in [0.5, 0.6) is 28.7 Å². The Labute approximate surface area is 213 Å². The monoisotopic (exact) mass is 507 g/mol. The Balaban J connectivity index is 1.60. The van der Waals surface area contributed by atoms with Crippen molar-refractivity contribution in [1.29, 1.82) is 0 Å². The fraction of sp³-hybridized carbons (Fsp3) is 0.321. The van der Waals surface area contributed by atoms with Gasteiger partial charge in [0.15, 0.2) is 23.0 Å². The molecule has 0 amide bonds. The molecule has 9 heteroatoms. The van der Waals surface area contributed by atoms with Gasteiger partial charge < -0.3 is 28.4 Å². The van der Waals surface area contributed by atoms with Crippen molar-refractivity contribution in [3.63, 3.8) is 0 Å². The van der Waals surface area contributed by atoms with Gasteiger partial charge in [0.25, 0.3) is 0 Å². The van der Waals surface area contributed by atoms with Gasteiger partial charge in [-0.2, -0.15) is 0 Å². The molecule has 8 nitrogen and oxygen atoms in total. The minimum atomic E-state index is -0.652. The first-order valence-electron chi connectivity index (χ1n) is 11.9. The third-order valence-electron chi connectivity index (χ3n) is 7.33. The second kappa shape index (κ2) is 8.85. The molecule has 1 unspecified atom stereocenters. The van der Waals surface area contributed by atoms with Crippen LogP contribution in [0.15, 0.2) is 36.4 Å². The highest BCUT2D eigenvalue weighted by Crippen LogP contribution is 2.58. The summed E-state index contributed by atoms with van der Waals surface area (Å²) in [6.07, 6.45) is 0.00155. The summed E-state index contributed by atoms with van der Waals surface area (Å²) in [6, 6.07) is 9.60. The highest BCUT2D eigenvalue weighted by molar-refractivity contribution is 5.98. The van der Waals surface area contributed by atoms with Crippen molar-refractivity contribution in [2.45, 2.75) is 18.6 Å². The number of rotatable bonds is 5. The molecular weight excluding hydrogens is 481 g/mol. The Hall–Kier alpha value is -3.98. The van der Waals surface area contributed by atoms with Gasteiger partial charge in [-0.1, -0.05) is 18.2 Å². The lowest BCUT2D eigenvalue weighted by Crippen LogP contribution is -2.36. The van der Waals surface area contributed by atoms with Gasteiger partial charge in [-0.25, -0.2) is 9.18 Å². The lowest BCUT2D eigenvalue weighted by molar-refractivity contribution is 0.00877. The fourth-order valence-corrected chi connectivity index (χ4v) is 5.78. The van der Waals surface area contributed by atoms with Crippen molar-refractivity contribution in [3.8, 4) is 39.9 Å². The van der Waals surface area contributed by atoms with Crippen molar-refractivity contribution in [2.75, 3.05) is 41.7 Å². The average Bonchev–Trinajstić information content (AvgIpc) is 3.51. The summed E-state index contributed by atoms with van der Waals surface area (Å²) in [5.74, 6) is 1.46. The number of ether oxygens (including phenoxy) is 6. The summed E-state index contributed by atoms with van der Waals surface area (Å²) in [4.78, 5) is 15.3.